The summed E-state index contributed by atoms with van der Waals surface area (Å²) < 4.78 is 4.35. The summed E-state index contributed by atoms with van der Waals surface area (Å²) in [5.41, 5.74) is 9.06. The fraction of sp³-hybridized carbons (Fsp3) is 0. The Hall–Kier alpha value is -6.95. The number of para-hydroxylation sites is 5. The molecule has 6 aromatic carbocycles. The van der Waals surface area contributed by atoms with Crippen molar-refractivity contribution in [2.75, 3.05) is 0 Å². The van der Waals surface area contributed by atoms with Crippen LogP contribution in [0.5, 0.6) is 0 Å². The summed E-state index contributed by atoms with van der Waals surface area (Å²) in [6.45, 7) is 0. The van der Waals surface area contributed by atoms with Gasteiger partial charge in [0.25, 0.3) is 0 Å². The SMILES string of the molecule is N#Cc1cccc(-c2cccc(-c3cccnc3-n3c4ccccc4c4ccccc43)c2C#N)c1-n1c2ccccc2c2ccccc21. The first-order valence-electron chi connectivity index (χ1n) is 15.8. The van der Waals surface area contributed by atoms with Crippen molar-refractivity contribution in [2.45, 2.75) is 0 Å². The van der Waals surface area contributed by atoms with E-state index >= 15 is 0 Å². The first-order valence-corrected chi connectivity index (χ1v) is 15.8. The molecule has 0 N–H and O–H groups in total. The molecule has 0 aliphatic heterocycles. The van der Waals surface area contributed by atoms with Crippen LogP contribution in [0, 0.1) is 22.7 Å². The Labute approximate surface area is 276 Å². The number of nitrogens with zero attached hydrogens (tertiary/aromatic N) is 5. The molecule has 0 atom stereocenters. The topological polar surface area (TPSA) is 70.3 Å². The van der Waals surface area contributed by atoms with Gasteiger partial charge in [-0.3, -0.25) is 4.57 Å². The Morgan fingerprint density at radius 1 is 0.417 bits per heavy atom. The lowest BCUT2D eigenvalue weighted by Gasteiger charge is -2.19. The molecule has 0 aliphatic carbocycles. The zero-order valence-corrected chi connectivity index (χ0v) is 25.7. The summed E-state index contributed by atoms with van der Waals surface area (Å²) in [6.07, 6.45) is 1.80. The summed E-state index contributed by atoms with van der Waals surface area (Å²) in [4.78, 5) is 4.94. The Kier molecular flexibility index (Phi) is 6.18. The standard InChI is InChI=1S/C43H25N5/c44-26-28-12-9-19-35(42(28)47-38-21-5-1-13-31(38)32-14-2-6-22-39(32)47)29-17-10-18-30(37(29)27-45)36-20-11-25-46-43(36)48-40-23-7-3-15-33(40)34-16-4-8-24-41(34)48/h1-25H. The minimum absolute atomic E-state index is 0.518. The van der Waals surface area contributed by atoms with Gasteiger partial charge in [0.05, 0.1) is 38.9 Å². The molecule has 0 spiro atoms. The van der Waals surface area contributed by atoms with Crippen LogP contribution in [-0.4, -0.2) is 14.1 Å². The zero-order chi connectivity index (χ0) is 32.2. The number of aromatic nitrogens is 3. The van der Waals surface area contributed by atoms with Gasteiger partial charge in [-0.05, 0) is 42.5 Å². The molecule has 5 nitrogen and oxygen atoms in total. The molecule has 0 radical (unpaired) electrons. The molecule has 3 heterocycles. The van der Waals surface area contributed by atoms with E-state index in [1.165, 1.54) is 0 Å². The van der Waals surface area contributed by atoms with Crippen molar-refractivity contribution < 1.29 is 0 Å². The number of nitriles is 2. The van der Waals surface area contributed by atoms with E-state index in [2.05, 4.69) is 81.9 Å². The maximum absolute atomic E-state index is 10.9. The molecule has 9 rings (SSSR count). The van der Waals surface area contributed by atoms with Gasteiger partial charge in [0.2, 0.25) is 0 Å². The molecule has 0 fully saturated rings. The van der Waals surface area contributed by atoms with E-state index in [0.717, 1.165) is 77.4 Å². The van der Waals surface area contributed by atoms with E-state index in [-0.39, 0.29) is 0 Å². The van der Waals surface area contributed by atoms with E-state index in [1.807, 2.05) is 84.9 Å². The maximum atomic E-state index is 10.9. The van der Waals surface area contributed by atoms with Crippen LogP contribution in [0.2, 0.25) is 0 Å². The van der Waals surface area contributed by atoms with Crippen LogP contribution in [0.1, 0.15) is 11.1 Å². The van der Waals surface area contributed by atoms with Crippen molar-refractivity contribution in [3.63, 3.8) is 0 Å². The van der Waals surface area contributed by atoms with Gasteiger partial charge in [-0.2, -0.15) is 10.5 Å². The van der Waals surface area contributed by atoms with Crippen molar-refractivity contribution in [1.82, 2.24) is 14.1 Å². The van der Waals surface area contributed by atoms with Crippen LogP contribution < -0.4 is 0 Å². The molecule has 0 amide bonds. The summed E-state index contributed by atoms with van der Waals surface area (Å²) in [5, 5.41) is 25.9. The molecular weight excluding hydrogens is 587 g/mol. The van der Waals surface area contributed by atoms with Gasteiger partial charge >= 0.3 is 0 Å². The van der Waals surface area contributed by atoms with Crippen molar-refractivity contribution in [3.05, 3.63) is 163 Å². The molecule has 48 heavy (non-hydrogen) atoms. The second-order valence-electron chi connectivity index (χ2n) is 11.8. The molecular formula is C43H25N5. The normalized spacial score (nSPS) is 11.3. The van der Waals surface area contributed by atoms with Crippen LogP contribution in [0.15, 0.2) is 152 Å². The van der Waals surface area contributed by atoms with Crippen molar-refractivity contribution in [3.8, 4) is 45.9 Å². The van der Waals surface area contributed by atoms with E-state index in [0.29, 0.717) is 11.1 Å². The number of hydrogen-bond acceptors (Lipinski definition) is 3. The van der Waals surface area contributed by atoms with Gasteiger partial charge in [0, 0.05) is 50.0 Å². The van der Waals surface area contributed by atoms with Gasteiger partial charge in [0.1, 0.15) is 18.0 Å². The second-order valence-corrected chi connectivity index (χ2v) is 11.8. The van der Waals surface area contributed by atoms with Gasteiger partial charge in [-0.15, -0.1) is 0 Å². The summed E-state index contributed by atoms with van der Waals surface area (Å²) in [5.74, 6) is 0.747. The third-order valence-electron chi connectivity index (χ3n) is 9.30. The van der Waals surface area contributed by atoms with Crippen LogP contribution in [-0.2, 0) is 0 Å². The summed E-state index contributed by atoms with van der Waals surface area (Å²) >= 11 is 0. The van der Waals surface area contributed by atoms with Gasteiger partial charge in [-0.25, -0.2) is 4.98 Å². The maximum Gasteiger partial charge on any atom is 0.145 e. The van der Waals surface area contributed by atoms with E-state index in [9.17, 15) is 10.5 Å². The Morgan fingerprint density at radius 2 is 0.875 bits per heavy atom. The summed E-state index contributed by atoms with van der Waals surface area (Å²) in [7, 11) is 0. The minimum atomic E-state index is 0.518. The highest BCUT2D eigenvalue weighted by Gasteiger charge is 2.23. The molecule has 0 aliphatic rings. The lowest BCUT2D eigenvalue weighted by atomic mass is 9.90. The quantitative estimate of drug-likeness (QED) is 0.199. The molecule has 0 bridgehead atoms. The average molecular weight is 612 g/mol. The van der Waals surface area contributed by atoms with E-state index in [1.54, 1.807) is 6.20 Å². The van der Waals surface area contributed by atoms with Gasteiger partial charge < -0.3 is 4.57 Å². The lowest BCUT2D eigenvalue weighted by molar-refractivity contribution is 1.08. The first kappa shape index (κ1) is 27.4. The predicted octanol–water partition coefficient (Wildman–Crippen LogP) is 10.4. The van der Waals surface area contributed by atoms with Gasteiger partial charge in [-0.1, -0.05) is 103 Å². The fourth-order valence-electron chi connectivity index (χ4n) is 7.31. The number of benzene rings is 6. The van der Waals surface area contributed by atoms with Crippen LogP contribution in [0.3, 0.4) is 0 Å². The largest absolute Gasteiger partial charge is 0.307 e. The molecule has 0 saturated carbocycles. The number of hydrogen-bond donors (Lipinski definition) is 0. The monoisotopic (exact) mass is 611 g/mol. The summed E-state index contributed by atoms with van der Waals surface area (Å²) in [6, 6.07) is 53.9. The zero-order valence-electron chi connectivity index (χ0n) is 25.7. The third-order valence-corrected chi connectivity index (χ3v) is 9.30. The molecule has 222 valence electrons. The van der Waals surface area contributed by atoms with E-state index in [4.69, 9.17) is 4.98 Å². The lowest BCUT2D eigenvalue weighted by Crippen LogP contribution is -2.03. The van der Waals surface area contributed by atoms with Crippen molar-refractivity contribution >= 4 is 43.6 Å². The predicted molar refractivity (Wildman–Crippen MR) is 193 cm³/mol. The molecule has 0 saturated heterocycles. The highest BCUT2D eigenvalue weighted by molar-refractivity contribution is 6.11. The molecule has 5 heteroatoms. The third kappa shape index (κ3) is 3.92. The van der Waals surface area contributed by atoms with Crippen molar-refractivity contribution in [1.29, 1.82) is 10.5 Å². The number of fused-ring (bicyclic) bond motifs is 6. The van der Waals surface area contributed by atoms with Crippen LogP contribution in [0.4, 0.5) is 0 Å². The fourth-order valence-corrected chi connectivity index (χ4v) is 7.31. The Balaban J connectivity index is 1.34. The Morgan fingerprint density at radius 3 is 1.42 bits per heavy atom. The van der Waals surface area contributed by atoms with Crippen LogP contribution in [0.25, 0.3) is 77.4 Å². The van der Waals surface area contributed by atoms with Crippen molar-refractivity contribution in [2.24, 2.45) is 0 Å². The smallest absolute Gasteiger partial charge is 0.145 e. The highest BCUT2D eigenvalue weighted by atomic mass is 15.1. The number of rotatable bonds is 4. The molecule has 9 aromatic rings. The Bertz CT molecular complexity index is 2710. The molecule has 3 aromatic heterocycles. The van der Waals surface area contributed by atoms with Crippen LogP contribution >= 0.6 is 0 Å². The second kappa shape index (κ2) is 10.8. The average Bonchev–Trinajstić information content (AvgIpc) is 3.67. The molecule has 0 unspecified atom stereocenters. The first-order chi connectivity index (χ1) is 23.8. The van der Waals surface area contributed by atoms with E-state index < -0.39 is 0 Å². The van der Waals surface area contributed by atoms with Gasteiger partial charge in [0.15, 0.2) is 0 Å². The number of pyridine rings is 1. The highest BCUT2D eigenvalue weighted by Crippen LogP contribution is 2.42. The minimum Gasteiger partial charge on any atom is -0.307 e.